The second-order valence-corrected chi connectivity index (χ2v) is 9.13. The van der Waals surface area contributed by atoms with Crippen LogP contribution in [0.25, 0.3) is 0 Å². The molecule has 0 aromatic heterocycles. The third kappa shape index (κ3) is 6.54. The first-order valence-electron chi connectivity index (χ1n) is 12.2. The quantitative estimate of drug-likeness (QED) is 0.265. The van der Waals surface area contributed by atoms with Gasteiger partial charge < -0.3 is 15.0 Å². The first kappa shape index (κ1) is 28.0. The number of nitrogens with zero attached hydrogens (tertiary/aromatic N) is 2. The lowest BCUT2D eigenvalue weighted by Crippen LogP contribution is -2.39. The molecule has 204 valence electrons. The first-order valence-corrected chi connectivity index (χ1v) is 12.6. The predicted octanol–water partition coefficient (Wildman–Crippen LogP) is 5.82. The number of rotatable bonds is 9. The Kier molecular flexibility index (Phi) is 8.49. The van der Waals surface area contributed by atoms with E-state index in [-0.39, 0.29) is 30.2 Å². The molecule has 1 atom stereocenters. The molecule has 3 aromatic rings. The smallest absolute Gasteiger partial charge is 0.416 e. The Bertz CT molecular complexity index is 1360. The summed E-state index contributed by atoms with van der Waals surface area (Å²) in [6.45, 7) is 2.40. The summed E-state index contributed by atoms with van der Waals surface area (Å²) in [6, 6.07) is 15.9. The number of benzene rings is 3. The number of nitrogens with one attached hydrogen (secondary N) is 1. The van der Waals surface area contributed by atoms with Crippen molar-refractivity contribution in [1.29, 1.82) is 0 Å². The minimum absolute atomic E-state index is 0.0606. The Balaban J connectivity index is 1.58. The molecule has 6 nitrogen and oxygen atoms in total. The maximum absolute atomic E-state index is 14.3. The molecular weight excluding hydrogens is 534 g/mol. The average molecular weight is 560 g/mol. The van der Waals surface area contributed by atoms with Gasteiger partial charge in [0.05, 0.1) is 24.3 Å². The van der Waals surface area contributed by atoms with Crippen LogP contribution >= 0.6 is 12.2 Å². The normalized spacial score (nSPS) is 15.6. The van der Waals surface area contributed by atoms with E-state index in [1.807, 2.05) is 6.92 Å². The van der Waals surface area contributed by atoms with Crippen LogP contribution in [0.1, 0.15) is 24.5 Å². The largest absolute Gasteiger partial charge is 0.494 e. The highest BCUT2D eigenvalue weighted by atomic mass is 32.1. The molecule has 3 aromatic carbocycles. The number of halogens is 4. The molecule has 11 heteroatoms. The molecule has 1 aliphatic rings. The molecule has 1 aliphatic heterocycles. The van der Waals surface area contributed by atoms with E-state index in [0.29, 0.717) is 23.6 Å². The molecular formula is C28H25F4N3O3S. The Hall–Kier alpha value is -3.99. The molecule has 2 amide bonds. The molecule has 0 bridgehead atoms. The lowest BCUT2D eigenvalue weighted by Gasteiger charge is -2.24. The van der Waals surface area contributed by atoms with Crippen molar-refractivity contribution >= 4 is 40.5 Å². The molecule has 1 fully saturated rings. The summed E-state index contributed by atoms with van der Waals surface area (Å²) in [5.74, 6) is -0.951. The third-order valence-corrected chi connectivity index (χ3v) is 6.58. The van der Waals surface area contributed by atoms with Gasteiger partial charge in [-0.1, -0.05) is 24.3 Å². The van der Waals surface area contributed by atoms with Crippen molar-refractivity contribution in [2.45, 2.75) is 32.0 Å². The molecule has 4 rings (SSSR count). The zero-order chi connectivity index (χ0) is 28.2. The predicted molar refractivity (Wildman–Crippen MR) is 143 cm³/mol. The average Bonchev–Trinajstić information content (AvgIpc) is 3.12. The summed E-state index contributed by atoms with van der Waals surface area (Å²) in [5, 5.41) is 2.66. The zero-order valence-electron chi connectivity index (χ0n) is 20.9. The summed E-state index contributed by atoms with van der Waals surface area (Å²) in [5.41, 5.74) is -0.151. The molecule has 0 saturated carbocycles. The van der Waals surface area contributed by atoms with Crippen molar-refractivity contribution in [2.75, 3.05) is 23.4 Å². The molecule has 1 N–H and O–H groups in total. The Morgan fingerprint density at radius 2 is 1.77 bits per heavy atom. The van der Waals surface area contributed by atoms with Crippen molar-refractivity contribution in [1.82, 2.24) is 4.90 Å². The monoisotopic (exact) mass is 559 g/mol. The molecule has 1 heterocycles. The third-order valence-electron chi connectivity index (χ3n) is 6.16. The van der Waals surface area contributed by atoms with Gasteiger partial charge in [-0.05, 0) is 79.7 Å². The summed E-state index contributed by atoms with van der Waals surface area (Å²) in [4.78, 5) is 28.9. The molecule has 0 spiro atoms. The number of carbonyl (C=O) groups excluding carboxylic acids is 2. The van der Waals surface area contributed by atoms with Crippen LogP contribution in [0.3, 0.4) is 0 Å². The van der Waals surface area contributed by atoms with Crippen LogP contribution in [0.15, 0.2) is 72.8 Å². The van der Waals surface area contributed by atoms with Gasteiger partial charge in [0, 0.05) is 12.2 Å². The van der Waals surface area contributed by atoms with Crippen LogP contribution in [0, 0.1) is 5.82 Å². The van der Waals surface area contributed by atoms with Crippen LogP contribution in [0.5, 0.6) is 5.75 Å². The zero-order valence-corrected chi connectivity index (χ0v) is 21.7. The van der Waals surface area contributed by atoms with E-state index in [0.717, 1.165) is 17.0 Å². The number of carbonyl (C=O) groups is 2. The number of hydrogen-bond acceptors (Lipinski definition) is 4. The fraction of sp³-hybridized carbons (Fsp3) is 0.250. The van der Waals surface area contributed by atoms with Gasteiger partial charge in [0.1, 0.15) is 17.6 Å². The highest BCUT2D eigenvalue weighted by molar-refractivity contribution is 7.80. The van der Waals surface area contributed by atoms with Crippen LogP contribution in [0.4, 0.5) is 28.9 Å². The lowest BCUT2D eigenvalue weighted by molar-refractivity contribution is -0.137. The highest BCUT2D eigenvalue weighted by Crippen LogP contribution is 2.34. The van der Waals surface area contributed by atoms with E-state index in [1.54, 1.807) is 42.5 Å². The molecule has 0 aliphatic carbocycles. The Morgan fingerprint density at radius 3 is 2.44 bits per heavy atom. The SMILES string of the molecule is CCOc1ccc(NC(=O)C[C@@H]2C(=O)N(c3cccc(C(F)(F)F)c3)C(=S)N2CCc2ccccc2F)cc1. The van der Waals surface area contributed by atoms with Crippen LogP contribution in [-0.4, -0.2) is 41.0 Å². The van der Waals surface area contributed by atoms with Gasteiger partial charge in [0.2, 0.25) is 5.91 Å². The van der Waals surface area contributed by atoms with Gasteiger partial charge in [-0.2, -0.15) is 13.2 Å². The van der Waals surface area contributed by atoms with Crippen molar-refractivity contribution in [3.8, 4) is 5.75 Å². The Labute approximate surface area is 228 Å². The van der Waals surface area contributed by atoms with Gasteiger partial charge in [-0.15, -0.1) is 0 Å². The number of anilines is 2. The van der Waals surface area contributed by atoms with Gasteiger partial charge in [0.25, 0.3) is 5.91 Å². The van der Waals surface area contributed by atoms with E-state index in [2.05, 4.69) is 5.32 Å². The minimum atomic E-state index is -4.62. The van der Waals surface area contributed by atoms with Crippen molar-refractivity contribution < 1.29 is 31.9 Å². The highest BCUT2D eigenvalue weighted by Gasteiger charge is 2.44. The summed E-state index contributed by atoms with van der Waals surface area (Å²) < 4.78 is 59.7. The van der Waals surface area contributed by atoms with E-state index < -0.39 is 35.4 Å². The standard InChI is InChI=1S/C28H25F4N3O3S/c1-2-38-22-12-10-20(11-13-22)33-25(36)17-24-26(37)35(21-8-5-7-19(16-21)28(30,31)32)27(39)34(24)15-14-18-6-3-4-9-23(18)29/h3-13,16,24H,2,14-15,17H2,1H3,(H,33,36)/t24-/m1/s1. The van der Waals surface area contributed by atoms with Crippen molar-refractivity contribution in [2.24, 2.45) is 0 Å². The van der Waals surface area contributed by atoms with E-state index in [1.165, 1.54) is 23.1 Å². The summed E-state index contributed by atoms with van der Waals surface area (Å²) in [7, 11) is 0. The van der Waals surface area contributed by atoms with Crippen LogP contribution in [0.2, 0.25) is 0 Å². The number of ether oxygens (including phenoxy) is 1. The fourth-order valence-corrected chi connectivity index (χ4v) is 4.69. The number of alkyl halides is 3. The number of hydrogen-bond donors (Lipinski definition) is 1. The topological polar surface area (TPSA) is 61.9 Å². The minimum Gasteiger partial charge on any atom is -0.494 e. The van der Waals surface area contributed by atoms with Gasteiger partial charge in [0.15, 0.2) is 5.11 Å². The number of thiocarbonyl (C=S) groups is 1. The Morgan fingerprint density at radius 1 is 1.05 bits per heavy atom. The second-order valence-electron chi connectivity index (χ2n) is 8.76. The fourth-order valence-electron chi connectivity index (χ4n) is 4.28. The second kappa shape index (κ2) is 11.8. The summed E-state index contributed by atoms with van der Waals surface area (Å²) in [6.07, 6.45) is -4.78. The maximum atomic E-state index is 14.3. The van der Waals surface area contributed by atoms with Gasteiger partial charge in [-0.3, -0.25) is 14.5 Å². The van der Waals surface area contributed by atoms with E-state index in [9.17, 15) is 27.2 Å². The van der Waals surface area contributed by atoms with Crippen molar-refractivity contribution in [3.05, 3.63) is 89.7 Å². The summed E-state index contributed by atoms with van der Waals surface area (Å²) >= 11 is 5.52. The lowest BCUT2D eigenvalue weighted by atomic mass is 10.1. The van der Waals surface area contributed by atoms with Crippen molar-refractivity contribution in [3.63, 3.8) is 0 Å². The molecule has 0 unspecified atom stereocenters. The molecule has 39 heavy (non-hydrogen) atoms. The van der Waals surface area contributed by atoms with Gasteiger partial charge in [-0.25, -0.2) is 4.39 Å². The van der Waals surface area contributed by atoms with E-state index >= 15 is 0 Å². The number of amides is 2. The molecule has 1 saturated heterocycles. The van der Waals surface area contributed by atoms with Crippen LogP contribution in [-0.2, 0) is 22.2 Å². The maximum Gasteiger partial charge on any atom is 0.416 e. The van der Waals surface area contributed by atoms with Gasteiger partial charge >= 0.3 is 6.18 Å². The van der Waals surface area contributed by atoms with Crippen LogP contribution < -0.4 is 15.0 Å². The molecule has 0 radical (unpaired) electrons. The van der Waals surface area contributed by atoms with E-state index in [4.69, 9.17) is 17.0 Å². The first-order chi connectivity index (χ1) is 18.6.